The number of hydrogen-bond acceptors (Lipinski definition) is 2. The molecule has 1 aromatic heterocycles. The van der Waals surface area contributed by atoms with Crippen molar-refractivity contribution >= 4 is 49.0 Å². The fraction of sp³-hybridized carbons (Fsp3) is 0.0833. The van der Waals surface area contributed by atoms with Crippen LogP contribution in [-0.2, 0) is 6.42 Å². The summed E-state index contributed by atoms with van der Waals surface area (Å²) < 4.78 is 14.6. The monoisotopic (exact) mass is 376 g/mol. The van der Waals surface area contributed by atoms with Gasteiger partial charge in [0, 0.05) is 15.4 Å². The van der Waals surface area contributed by atoms with Crippen LogP contribution in [0.2, 0.25) is 0 Å². The van der Waals surface area contributed by atoms with Crippen molar-refractivity contribution < 1.29 is 9.18 Å². The van der Waals surface area contributed by atoms with E-state index >= 15 is 0 Å². The highest BCUT2D eigenvalue weighted by Gasteiger charge is 2.14. The first-order chi connectivity index (χ1) is 8.08. The van der Waals surface area contributed by atoms with Gasteiger partial charge in [-0.3, -0.25) is 4.79 Å². The molecule has 1 aromatic carbocycles. The molecule has 5 heteroatoms. The number of carbonyl (C=O) groups excluding carboxylic acids is 1. The van der Waals surface area contributed by atoms with Gasteiger partial charge in [-0.05, 0) is 51.1 Å². The molecular weight excluding hydrogens is 371 g/mol. The van der Waals surface area contributed by atoms with E-state index in [1.807, 2.05) is 11.4 Å². The van der Waals surface area contributed by atoms with Crippen LogP contribution in [-0.4, -0.2) is 5.78 Å². The third-order valence-corrected chi connectivity index (χ3v) is 4.88. The lowest BCUT2D eigenvalue weighted by Crippen LogP contribution is -2.03. The summed E-state index contributed by atoms with van der Waals surface area (Å²) in [6.07, 6.45) is 0.192. The highest BCUT2D eigenvalue weighted by Crippen LogP contribution is 2.26. The molecule has 1 nitrogen and oxygen atoms in total. The van der Waals surface area contributed by atoms with E-state index in [0.717, 1.165) is 8.95 Å². The molecule has 17 heavy (non-hydrogen) atoms. The minimum Gasteiger partial charge on any atom is -0.293 e. The SMILES string of the molecule is O=C(Cc1cc(F)ccc1Br)c1sccc1Br. The third-order valence-electron chi connectivity index (χ3n) is 2.23. The Hall–Kier alpha value is -0.520. The van der Waals surface area contributed by atoms with Crippen LogP contribution in [0.4, 0.5) is 4.39 Å². The van der Waals surface area contributed by atoms with Crippen molar-refractivity contribution in [2.24, 2.45) is 0 Å². The van der Waals surface area contributed by atoms with Gasteiger partial charge >= 0.3 is 0 Å². The Balaban J connectivity index is 2.24. The fourth-order valence-electron chi connectivity index (χ4n) is 1.42. The fourth-order valence-corrected chi connectivity index (χ4v) is 3.34. The summed E-state index contributed by atoms with van der Waals surface area (Å²) in [5.41, 5.74) is 0.662. The van der Waals surface area contributed by atoms with E-state index in [0.29, 0.717) is 10.4 Å². The molecule has 2 rings (SSSR count). The molecule has 0 saturated heterocycles. The molecule has 0 bridgehead atoms. The highest BCUT2D eigenvalue weighted by atomic mass is 79.9. The predicted molar refractivity (Wildman–Crippen MR) is 74.2 cm³/mol. The quantitative estimate of drug-likeness (QED) is 0.699. The summed E-state index contributed by atoms with van der Waals surface area (Å²) in [4.78, 5) is 12.7. The van der Waals surface area contributed by atoms with E-state index in [-0.39, 0.29) is 18.0 Å². The third kappa shape index (κ3) is 3.03. The topological polar surface area (TPSA) is 17.1 Å². The smallest absolute Gasteiger partial charge is 0.178 e. The Bertz CT molecular complexity index is 565. The molecule has 88 valence electrons. The summed E-state index contributed by atoms with van der Waals surface area (Å²) in [5, 5.41) is 1.85. The average molecular weight is 378 g/mol. The molecule has 0 unspecified atom stereocenters. The lowest BCUT2D eigenvalue weighted by molar-refractivity contribution is 0.0996. The molecule has 1 heterocycles. The van der Waals surface area contributed by atoms with E-state index in [4.69, 9.17) is 0 Å². The van der Waals surface area contributed by atoms with Crippen LogP contribution in [0.5, 0.6) is 0 Å². The van der Waals surface area contributed by atoms with Crippen LogP contribution in [0.15, 0.2) is 38.6 Å². The minimum absolute atomic E-state index is 0.0156. The van der Waals surface area contributed by atoms with Crippen molar-refractivity contribution in [3.05, 3.63) is 54.8 Å². The van der Waals surface area contributed by atoms with Gasteiger partial charge in [-0.1, -0.05) is 15.9 Å². The first kappa shape index (κ1) is 12.9. The summed E-state index contributed by atoms with van der Waals surface area (Å²) in [6, 6.07) is 6.18. The minimum atomic E-state index is -0.332. The first-order valence-electron chi connectivity index (χ1n) is 4.78. The van der Waals surface area contributed by atoms with Crippen LogP contribution in [0.25, 0.3) is 0 Å². The second-order valence-electron chi connectivity index (χ2n) is 3.43. The lowest BCUT2D eigenvalue weighted by atomic mass is 10.1. The number of carbonyl (C=O) groups is 1. The number of halogens is 3. The van der Waals surface area contributed by atoms with Crippen LogP contribution in [0, 0.1) is 5.82 Å². The second kappa shape index (κ2) is 5.42. The van der Waals surface area contributed by atoms with Crippen molar-refractivity contribution in [2.75, 3.05) is 0 Å². The Morgan fingerprint density at radius 1 is 1.24 bits per heavy atom. The number of thiophene rings is 1. The Morgan fingerprint density at radius 3 is 2.65 bits per heavy atom. The predicted octanol–water partition coefficient (Wildman–Crippen LogP) is 4.84. The maximum Gasteiger partial charge on any atom is 0.178 e. The lowest BCUT2D eigenvalue weighted by Gasteiger charge is -2.03. The second-order valence-corrected chi connectivity index (χ2v) is 6.06. The zero-order valence-electron chi connectivity index (χ0n) is 8.54. The summed E-state index contributed by atoms with van der Waals surface area (Å²) in [7, 11) is 0. The van der Waals surface area contributed by atoms with Gasteiger partial charge in [0.25, 0.3) is 0 Å². The highest BCUT2D eigenvalue weighted by molar-refractivity contribution is 9.10. The molecule has 0 aliphatic rings. The standard InChI is InChI=1S/C12H7Br2FOS/c13-9-2-1-8(15)5-7(9)6-11(16)12-10(14)3-4-17-12/h1-5H,6H2. The van der Waals surface area contributed by atoms with Crippen molar-refractivity contribution in [3.63, 3.8) is 0 Å². The van der Waals surface area contributed by atoms with E-state index in [1.54, 1.807) is 6.07 Å². The van der Waals surface area contributed by atoms with Crippen molar-refractivity contribution in [1.29, 1.82) is 0 Å². The molecule has 0 saturated carbocycles. The molecule has 0 fully saturated rings. The van der Waals surface area contributed by atoms with Gasteiger partial charge < -0.3 is 0 Å². The van der Waals surface area contributed by atoms with Crippen LogP contribution < -0.4 is 0 Å². The van der Waals surface area contributed by atoms with Gasteiger partial charge in [0.05, 0.1) is 4.88 Å². The molecular formula is C12H7Br2FOS. The molecule has 0 aliphatic heterocycles. The number of Topliss-reactive ketones (excluding diaryl/α,β-unsaturated/α-hetero) is 1. The van der Waals surface area contributed by atoms with Crippen LogP contribution in [0.1, 0.15) is 15.2 Å². The zero-order chi connectivity index (χ0) is 12.4. The summed E-state index contributed by atoms with van der Waals surface area (Å²) >= 11 is 8.01. The van der Waals surface area contributed by atoms with Gasteiger partial charge in [-0.2, -0.15) is 0 Å². The maximum atomic E-state index is 13.1. The normalized spacial score (nSPS) is 10.5. The Morgan fingerprint density at radius 2 is 2.00 bits per heavy atom. The Kier molecular flexibility index (Phi) is 4.12. The van der Waals surface area contributed by atoms with Crippen LogP contribution in [0.3, 0.4) is 0 Å². The van der Waals surface area contributed by atoms with Gasteiger partial charge in [0.1, 0.15) is 5.82 Å². The molecule has 0 radical (unpaired) electrons. The number of hydrogen-bond donors (Lipinski definition) is 0. The van der Waals surface area contributed by atoms with E-state index in [1.165, 1.54) is 23.5 Å². The Labute approximate surface area is 119 Å². The van der Waals surface area contributed by atoms with Gasteiger partial charge in [0.15, 0.2) is 5.78 Å². The van der Waals surface area contributed by atoms with E-state index in [2.05, 4.69) is 31.9 Å². The van der Waals surface area contributed by atoms with Crippen LogP contribution >= 0.6 is 43.2 Å². The average Bonchev–Trinajstić information content (AvgIpc) is 2.70. The largest absolute Gasteiger partial charge is 0.293 e. The maximum absolute atomic E-state index is 13.1. The van der Waals surface area contributed by atoms with Gasteiger partial charge in [-0.15, -0.1) is 11.3 Å². The number of ketones is 1. The molecule has 0 aliphatic carbocycles. The molecule has 0 amide bonds. The van der Waals surface area contributed by atoms with E-state index < -0.39 is 0 Å². The first-order valence-corrected chi connectivity index (χ1v) is 7.24. The number of benzene rings is 1. The van der Waals surface area contributed by atoms with Gasteiger partial charge in [-0.25, -0.2) is 4.39 Å². The van der Waals surface area contributed by atoms with Gasteiger partial charge in [0.2, 0.25) is 0 Å². The van der Waals surface area contributed by atoms with Crippen molar-refractivity contribution in [3.8, 4) is 0 Å². The molecule has 0 atom stereocenters. The molecule has 2 aromatic rings. The zero-order valence-corrected chi connectivity index (χ0v) is 12.5. The summed E-state index contributed by atoms with van der Waals surface area (Å²) in [5.74, 6) is -0.348. The van der Waals surface area contributed by atoms with E-state index in [9.17, 15) is 9.18 Å². The van der Waals surface area contributed by atoms with Crippen molar-refractivity contribution in [2.45, 2.75) is 6.42 Å². The summed E-state index contributed by atoms with van der Waals surface area (Å²) in [6.45, 7) is 0. The molecule has 0 spiro atoms. The number of rotatable bonds is 3. The van der Waals surface area contributed by atoms with Crippen molar-refractivity contribution in [1.82, 2.24) is 0 Å². The molecule has 0 N–H and O–H groups in total.